The molecule has 98 valence electrons. The predicted molar refractivity (Wildman–Crippen MR) is 72.1 cm³/mol. The van der Waals surface area contributed by atoms with Gasteiger partial charge in [0.2, 0.25) is 0 Å². The topological polar surface area (TPSA) is 15.3 Å². The first-order chi connectivity index (χ1) is 8.15. The van der Waals surface area contributed by atoms with E-state index >= 15 is 0 Å². The Hall–Kier alpha value is -0.0800. The minimum Gasteiger partial charge on any atom is -0.311 e. The van der Waals surface area contributed by atoms with Crippen molar-refractivity contribution in [2.45, 2.75) is 50.5 Å². The van der Waals surface area contributed by atoms with E-state index in [9.17, 15) is 0 Å². The highest BCUT2D eigenvalue weighted by Crippen LogP contribution is 2.55. The largest absolute Gasteiger partial charge is 0.311 e. The highest BCUT2D eigenvalue weighted by molar-refractivity contribution is 5.06. The third-order valence-electron chi connectivity index (χ3n) is 5.32. The molecule has 0 unspecified atom stereocenters. The van der Waals surface area contributed by atoms with Crippen LogP contribution in [0.1, 0.15) is 44.9 Å². The van der Waals surface area contributed by atoms with Crippen LogP contribution >= 0.6 is 0 Å². The molecule has 4 aliphatic carbocycles. The smallest absolute Gasteiger partial charge is 0.0189 e. The molecule has 0 aliphatic heterocycles. The van der Waals surface area contributed by atoms with Crippen LogP contribution in [0.3, 0.4) is 0 Å². The fourth-order valence-corrected chi connectivity index (χ4v) is 5.08. The SMILES string of the molecule is CN(C)CCCNC12CC3CC(CC(C3)C1)C2. The Morgan fingerprint density at radius 3 is 2.00 bits per heavy atom. The lowest BCUT2D eigenvalue weighted by atomic mass is 9.53. The molecule has 4 bridgehead atoms. The number of hydrogen-bond acceptors (Lipinski definition) is 2. The Kier molecular flexibility index (Phi) is 3.20. The van der Waals surface area contributed by atoms with Gasteiger partial charge < -0.3 is 10.2 Å². The van der Waals surface area contributed by atoms with Crippen molar-refractivity contribution < 1.29 is 0 Å². The Morgan fingerprint density at radius 2 is 1.53 bits per heavy atom. The molecule has 0 atom stereocenters. The van der Waals surface area contributed by atoms with Crippen LogP contribution in [0.4, 0.5) is 0 Å². The highest BCUT2D eigenvalue weighted by Gasteiger charge is 2.50. The Balaban J connectivity index is 1.52. The maximum Gasteiger partial charge on any atom is 0.0189 e. The van der Waals surface area contributed by atoms with E-state index in [0.717, 1.165) is 17.8 Å². The van der Waals surface area contributed by atoms with Crippen LogP contribution in [0, 0.1) is 17.8 Å². The van der Waals surface area contributed by atoms with Gasteiger partial charge in [-0.2, -0.15) is 0 Å². The van der Waals surface area contributed by atoms with Gasteiger partial charge in [0, 0.05) is 5.54 Å². The zero-order chi connectivity index (χ0) is 11.9. The predicted octanol–water partition coefficient (Wildman–Crippen LogP) is 2.50. The van der Waals surface area contributed by atoms with Crippen molar-refractivity contribution in [1.82, 2.24) is 10.2 Å². The summed E-state index contributed by atoms with van der Waals surface area (Å²) in [4.78, 5) is 2.29. The summed E-state index contributed by atoms with van der Waals surface area (Å²) in [5.74, 6) is 3.22. The molecule has 0 aromatic carbocycles. The van der Waals surface area contributed by atoms with E-state index in [1.807, 2.05) is 0 Å². The van der Waals surface area contributed by atoms with Crippen molar-refractivity contribution in [2.24, 2.45) is 17.8 Å². The molecule has 0 heterocycles. The molecule has 0 radical (unpaired) electrons. The first kappa shape index (κ1) is 12.0. The quantitative estimate of drug-likeness (QED) is 0.738. The molecule has 0 amide bonds. The summed E-state index contributed by atoms with van der Waals surface area (Å²) in [5, 5.41) is 3.96. The molecule has 0 spiro atoms. The molecule has 4 rings (SSSR count). The van der Waals surface area contributed by atoms with Crippen LogP contribution in [0.15, 0.2) is 0 Å². The van der Waals surface area contributed by atoms with Gasteiger partial charge in [0.15, 0.2) is 0 Å². The highest BCUT2D eigenvalue weighted by atomic mass is 15.1. The van der Waals surface area contributed by atoms with Gasteiger partial charge in [0.1, 0.15) is 0 Å². The van der Waals surface area contributed by atoms with Crippen LogP contribution in [-0.4, -0.2) is 37.6 Å². The van der Waals surface area contributed by atoms with Crippen LogP contribution in [-0.2, 0) is 0 Å². The van der Waals surface area contributed by atoms with Crippen LogP contribution < -0.4 is 5.32 Å². The summed E-state index contributed by atoms with van der Waals surface area (Å²) in [6, 6.07) is 0. The average Bonchev–Trinajstić information content (AvgIpc) is 2.22. The molecule has 0 saturated heterocycles. The Morgan fingerprint density at radius 1 is 1.00 bits per heavy atom. The fourth-order valence-electron chi connectivity index (χ4n) is 5.08. The molecule has 4 fully saturated rings. The molecular formula is C15H28N2. The normalized spacial score (nSPS) is 43.6. The first-order valence-corrected chi connectivity index (χ1v) is 7.55. The van der Waals surface area contributed by atoms with Gasteiger partial charge in [-0.15, -0.1) is 0 Å². The number of hydrogen-bond donors (Lipinski definition) is 1. The van der Waals surface area contributed by atoms with Crippen molar-refractivity contribution in [3.63, 3.8) is 0 Å². The van der Waals surface area contributed by atoms with Gasteiger partial charge in [-0.25, -0.2) is 0 Å². The van der Waals surface area contributed by atoms with Gasteiger partial charge >= 0.3 is 0 Å². The van der Waals surface area contributed by atoms with E-state index in [0.29, 0.717) is 5.54 Å². The van der Waals surface area contributed by atoms with Gasteiger partial charge in [0.25, 0.3) is 0 Å². The number of nitrogens with zero attached hydrogens (tertiary/aromatic N) is 1. The molecule has 4 saturated carbocycles. The van der Waals surface area contributed by atoms with Gasteiger partial charge in [0.05, 0.1) is 0 Å². The molecule has 4 aliphatic rings. The maximum atomic E-state index is 3.96. The van der Waals surface area contributed by atoms with Gasteiger partial charge in [-0.3, -0.25) is 0 Å². The molecule has 1 N–H and O–H groups in total. The Labute approximate surface area is 106 Å². The minimum absolute atomic E-state index is 0.570. The molecule has 17 heavy (non-hydrogen) atoms. The van der Waals surface area contributed by atoms with Crippen LogP contribution in [0.5, 0.6) is 0 Å². The number of nitrogens with one attached hydrogen (secondary N) is 1. The Bertz CT molecular complexity index is 237. The third-order valence-corrected chi connectivity index (χ3v) is 5.32. The second-order valence-electron chi connectivity index (χ2n) is 7.28. The van der Waals surface area contributed by atoms with Crippen molar-refractivity contribution in [2.75, 3.05) is 27.2 Å². The maximum absolute atomic E-state index is 3.96. The summed E-state index contributed by atoms with van der Waals surface area (Å²) in [6.45, 7) is 2.45. The van der Waals surface area contributed by atoms with Crippen molar-refractivity contribution in [3.05, 3.63) is 0 Å². The molecule has 2 heteroatoms. The second kappa shape index (κ2) is 4.55. The number of rotatable bonds is 5. The summed E-state index contributed by atoms with van der Waals surface area (Å²) in [7, 11) is 4.34. The summed E-state index contributed by atoms with van der Waals surface area (Å²) in [5.41, 5.74) is 0.570. The van der Waals surface area contributed by atoms with Crippen LogP contribution in [0.2, 0.25) is 0 Å². The minimum atomic E-state index is 0.570. The van der Waals surface area contributed by atoms with Crippen molar-refractivity contribution in [3.8, 4) is 0 Å². The summed E-state index contributed by atoms with van der Waals surface area (Å²) in [6.07, 6.45) is 10.4. The zero-order valence-corrected chi connectivity index (χ0v) is 11.5. The van der Waals surface area contributed by atoms with E-state index in [-0.39, 0.29) is 0 Å². The lowest BCUT2D eigenvalue weighted by molar-refractivity contribution is -0.0197. The van der Waals surface area contributed by atoms with E-state index in [4.69, 9.17) is 0 Å². The lowest BCUT2D eigenvalue weighted by Gasteiger charge is -2.57. The second-order valence-corrected chi connectivity index (χ2v) is 7.28. The summed E-state index contributed by atoms with van der Waals surface area (Å²) < 4.78 is 0. The van der Waals surface area contributed by atoms with E-state index in [1.165, 1.54) is 38.8 Å². The van der Waals surface area contributed by atoms with E-state index in [2.05, 4.69) is 24.3 Å². The molecule has 0 aromatic heterocycles. The zero-order valence-electron chi connectivity index (χ0n) is 11.5. The standard InChI is InChI=1S/C15H28N2/c1-17(2)5-3-4-16-15-9-12-6-13(10-15)8-14(7-12)11-15/h12-14,16H,3-11H2,1-2H3. The molecule has 2 nitrogen and oxygen atoms in total. The van der Waals surface area contributed by atoms with E-state index < -0.39 is 0 Å². The van der Waals surface area contributed by atoms with Gasteiger partial charge in [-0.05, 0) is 89.9 Å². The van der Waals surface area contributed by atoms with Gasteiger partial charge in [-0.1, -0.05) is 0 Å². The van der Waals surface area contributed by atoms with Crippen molar-refractivity contribution >= 4 is 0 Å². The summed E-state index contributed by atoms with van der Waals surface area (Å²) >= 11 is 0. The van der Waals surface area contributed by atoms with Crippen LogP contribution in [0.25, 0.3) is 0 Å². The van der Waals surface area contributed by atoms with E-state index in [1.54, 1.807) is 19.3 Å². The molecule has 0 aromatic rings. The fraction of sp³-hybridized carbons (Fsp3) is 1.00. The monoisotopic (exact) mass is 236 g/mol. The lowest BCUT2D eigenvalue weighted by Crippen LogP contribution is -2.58. The first-order valence-electron chi connectivity index (χ1n) is 7.55. The average molecular weight is 236 g/mol. The van der Waals surface area contributed by atoms with Crippen molar-refractivity contribution in [1.29, 1.82) is 0 Å². The third kappa shape index (κ3) is 2.53. The molecular weight excluding hydrogens is 208 g/mol.